The second kappa shape index (κ2) is 5.89. The van der Waals surface area contributed by atoms with Crippen molar-refractivity contribution in [1.29, 1.82) is 5.26 Å². The molecule has 3 heteroatoms. The average Bonchev–Trinajstić information content (AvgIpc) is 2.66. The molecule has 1 aliphatic rings. The first-order valence-electron chi connectivity index (χ1n) is 6.21. The lowest BCUT2D eigenvalue weighted by Crippen LogP contribution is -2.43. The fraction of sp³-hybridized carbons (Fsp3) is 0.846. The number of nitrogens with zero attached hydrogens (tertiary/aromatic N) is 1. The van der Waals surface area contributed by atoms with Gasteiger partial charge < -0.3 is 5.32 Å². The van der Waals surface area contributed by atoms with Crippen molar-refractivity contribution in [3.63, 3.8) is 0 Å². The summed E-state index contributed by atoms with van der Waals surface area (Å²) in [5.41, 5.74) is -0.170. The van der Waals surface area contributed by atoms with Gasteiger partial charge in [0, 0.05) is 5.54 Å². The number of hydrogen-bond acceptors (Lipinski definition) is 2. The van der Waals surface area contributed by atoms with Crippen molar-refractivity contribution in [1.82, 2.24) is 5.32 Å². The average molecular weight is 222 g/mol. The molecule has 1 N–H and O–H groups in total. The Kier molecular flexibility index (Phi) is 4.79. The third-order valence-corrected chi connectivity index (χ3v) is 3.37. The molecule has 0 heterocycles. The molecule has 0 radical (unpaired) electrons. The monoisotopic (exact) mass is 222 g/mol. The molecule has 0 unspecified atom stereocenters. The maximum Gasteiger partial charge on any atom is 0.234 e. The Morgan fingerprint density at radius 1 is 1.44 bits per heavy atom. The molecule has 0 aromatic carbocycles. The van der Waals surface area contributed by atoms with Gasteiger partial charge in [-0.1, -0.05) is 25.7 Å². The van der Waals surface area contributed by atoms with Crippen LogP contribution in [0.25, 0.3) is 0 Å². The second-order valence-electron chi connectivity index (χ2n) is 5.46. The van der Waals surface area contributed by atoms with Gasteiger partial charge in [0.1, 0.15) is 6.42 Å². The van der Waals surface area contributed by atoms with Gasteiger partial charge in [-0.25, -0.2) is 0 Å². The summed E-state index contributed by atoms with van der Waals surface area (Å²) in [6.45, 7) is 4.08. The molecule has 0 aliphatic heterocycles. The normalized spacial score (nSPS) is 17.1. The number of nitriles is 1. The van der Waals surface area contributed by atoms with Gasteiger partial charge in [0.05, 0.1) is 6.07 Å². The van der Waals surface area contributed by atoms with Gasteiger partial charge in [0.2, 0.25) is 5.91 Å². The molecule has 1 rings (SSSR count). The smallest absolute Gasteiger partial charge is 0.234 e. The van der Waals surface area contributed by atoms with Crippen LogP contribution in [0.5, 0.6) is 0 Å². The molecule has 90 valence electrons. The summed E-state index contributed by atoms with van der Waals surface area (Å²) in [5, 5.41) is 11.3. The fourth-order valence-electron chi connectivity index (χ4n) is 2.42. The Morgan fingerprint density at radius 2 is 2.06 bits per heavy atom. The topological polar surface area (TPSA) is 52.9 Å². The van der Waals surface area contributed by atoms with Crippen LogP contribution in [0.1, 0.15) is 58.8 Å². The third kappa shape index (κ3) is 4.65. The highest BCUT2D eigenvalue weighted by Gasteiger charge is 2.23. The molecule has 0 aromatic heterocycles. The minimum atomic E-state index is -0.170. The van der Waals surface area contributed by atoms with E-state index in [9.17, 15) is 4.79 Å². The Balaban J connectivity index is 2.27. The third-order valence-electron chi connectivity index (χ3n) is 3.37. The highest BCUT2D eigenvalue weighted by molar-refractivity contribution is 5.78. The van der Waals surface area contributed by atoms with Crippen LogP contribution in [0.15, 0.2) is 0 Å². The first-order chi connectivity index (χ1) is 7.53. The number of carbonyl (C=O) groups excluding carboxylic acids is 1. The maximum atomic E-state index is 11.3. The summed E-state index contributed by atoms with van der Waals surface area (Å²) in [4.78, 5) is 11.3. The summed E-state index contributed by atoms with van der Waals surface area (Å²) in [7, 11) is 0. The van der Waals surface area contributed by atoms with E-state index in [4.69, 9.17) is 5.26 Å². The summed E-state index contributed by atoms with van der Waals surface area (Å²) < 4.78 is 0. The Bertz CT molecular complexity index is 272. The molecular formula is C13H22N2O. The molecule has 1 fully saturated rings. The van der Waals surface area contributed by atoms with E-state index in [1.54, 1.807) is 0 Å². The van der Waals surface area contributed by atoms with Crippen LogP contribution in [-0.2, 0) is 4.79 Å². The van der Waals surface area contributed by atoms with Crippen LogP contribution in [0, 0.1) is 17.2 Å². The van der Waals surface area contributed by atoms with E-state index in [-0.39, 0.29) is 17.9 Å². The predicted octanol–water partition coefficient (Wildman–Crippen LogP) is 2.77. The summed E-state index contributed by atoms with van der Waals surface area (Å²) in [6.07, 6.45) is 7.60. The van der Waals surface area contributed by atoms with E-state index in [0.717, 1.165) is 12.3 Å². The van der Waals surface area contributed by atoms with Crippen LogP contribution < -0.4 is 5.32 Å². The predicted molar refractivity (Wildman–Crippen MR) is 63.6 cm³/mol. The van der Waals surface area contributed by atoms with Gasteiger partial charge in [-0.15, -0.1) is 0 Å². The minimum Gasteiger partial charge on any atom is -0.350 e. The lowest BCUT2D eigenvalue weighted by molar-refractivity contribution is -0.121. The maximum absolute atomic E-state index is 11.3. The van der Waals surface area contributed by atoms with E-state index < -0.39 is 0 Å². The zero-order valence-corrected chi connectivity index (χ0v) is 10.4. The number of amides is 1. The SMILES string of the molecule is CC(C)(CCC1CCCC1)NC(=O)CC#N. The first kappa shape index (κ1) is 13.0. The molecule has 0 bridgehead atoms. The molecular weight excluding hydrogens is 200 g/mol. The fourth-order valence-corrected chi connectivity index (χ4v) is 2.42. The zero-order valence-electron chi connectivity index (χ0n) is 10.4. The van der Waals surface area contributed by atoms with Crippen molar-refractivity contribution in [2.75, 3.05) is 0 Å². The quantitative estimate of drug-likeness (QED) is 0.777. The molecule has 0 atom stereocenters. The van der Waals surface area contributed by atoms with Crippen molar-refractivity contribution in [2.24, 2.45) is 5.92 Å². The van der Waals surface area contributed by atoms with Gasteiger partial charge in [0.15, 0.2) is 0 Å². The van der Waals surface area contributed by atoms with Crippen molar-refractivity contribution in [2.45, 2.75) is 64.3 Å². The van der Waals surface area contributed by atoms with Crippen molar-refractivity contribution >= 4 is 5.91 Å². The van der Waals surface area contributed by atoms with E-state index in [1.807, 2.05) is 19.9 Å². The largest absolute Gasteiger partial charge is 0.350 e. The standard InChI is InChI=1S/C13H22N2O/c1-13(2,15-12(16)8-10-14)9-7-11-5-3-4-6-11/h11H,3-9H2,1-2H3,(H,15,16). The lowest BCUT2D eigenvalue weighted by Gasteiger charge is -2.27. The molecule has 3 nitrogen and oxygen atoms in total. The zero-order chi connectivity index (χ0) is 12.0. The Hall–Kier alpha value is -1.04. The summed E-state index contributed by atoms with van der Waals surface area (Å²) in [5.74, 6) is 0.700. The lowest BCUT2D eigenvalue weighted by atomic mass is 9.91. The molecule has 16 heavy (non-hydrogen) atoms. The van der Waals surface area contributed by atoms with E-state index in [0.29, 0.717) is 0 Å². The van der Waals surface area contributed by atoms with Crippen molar-refractivity contribution < 1.29 is 4.79 Å². The molecule has 0 aromatic rings. The van der Waals surface area contributed by atoms with Gasteiger partial charge in [-0.05, 0) is 32.6 Å². The number of nitrogens with one attached hydrogen (secondary N) is 1. The summed E-state index contributed by atoms with van der Waals surface area (Å²) in [6, 6.07) is 1.88. The number of hydrogen-bond donors (Lipinski definition) is 1. The molecule has 0 spiro atoms. The van der Waals surface area contributed by atoms with Crippen LogP contribution in [0.2, 0.25) is 0 Å². The van der Waals surface area contributed by atoms with Crippen molar-refractivity contribution in [3.05, 3.63) is 0 Å². The number of carbonyl (C=O) groups is 1. The van der Waals surface area contributed by atoms with E-state index in [2.05, 4.69) is 5.32 Å². The van der Waals surface area contributed by atoms with Crippen LogP contribution in [-0.4, -0.2) is 11.4 Å². The van der Waals surface area contributed by atoms with E-state index in [1.165, 1.54) is 32.1 Å². The highest BCUT2D eigenvalue weighted by Crippen LogP contribution is 2.30. The minimum absolute atomic E-state index is 0.0349. The summed E-state index contributed by atoms with van der Waals surface area (Å²) >= 11 is 0. The van der Waals surface area contributed by atoms with Gasteiger partial charge in [-0.3, -0.25) is 4.79 Å². The molecule has 1 saturated carbocycles. The van der Waals surface area contributed by atoms with Crippen molar-refractivity contribution in [3.8, 4) is 6.07 Å². The second-order valence-corrected chi connectivity index (χ2v) is 5.46. The molecule has 1 amide bonds. The van der Waals surface area contributed by atoms with Gasteiger partial charge in [0.25, 0.3) is 0 Å². The van der Waals surface area contributed by atoms with Gasteiger partial charge in [-0.2, -0.15) is 5.26 Å². The molecule has 0 saturated heterocycles. The Labute approximate surface area is 98.2 Å². The molecule has 1 aliphatic carbocycles. The Morgan fingerprint density at radius 3 is 2.62 bits per heavy atom. The van der Waals surface area contributed by atoms with Crippen LogP contribution >= 0.6 is 0 Å². The number of rotatable bonds is 5. The van der Waals surface area contributed by atoms with E-state index >= 15 is 0 Å². The highest BCUT2D eigenvalue weighted by atomic mass is 16.1. The van der Waals surface area contributed by atoms with Gasteiger partial charge >= 0.3 is 0 Å². The van der Waals surface area contributed by atoms with Crippen LogP contribution in [0.4, 0.5) is 0 Å². The van der Waals surface area contributed by atoms with Crippen LogP contribution in [0.3, 0.4) is 0 Å². The first-order valence-corrected chi connectivity index (χ1v) is 6.21.